The number of rotatable bonds is 6. The molecule has 2 heterocycles. The number of nitrogens with zero attached hydrogens (tertiary/aromatic N) is 3. The standard InChI is InChI=1S/C17H30N4/c1-14(2)17(13-20(3)4)19-15-7-11-21(12-8-15)16-5-9-18-10-6-16/h5-6,9-10,14-15,17,19H,7-8,11-13H2,1-4H3. The average Bonchev–Trinajstić information content (AvgIpc) is 2.48. The Morgan fingerprint density at radius 2 is 1.86 bits per heavy atom. The van der Waals surface area contributed by atoms with Crippen molar-refractivity contribution in [1.29, 1.82) is 0 Å². The Kier molecular flexibility index (Phi) is 6.00. The van der Waals surface area contributed by atoms with Crippen molar-refractivity contribution in [1.82, 2.24) is 15.2 Å². The predicted octanol–water partition coefficient (Wildman–Crippen LogP) is 2.23. The zero-order valence-corrected chi connectivity index (χ0v) is 13.9. The quantitative estimate of drug-likeness (QED) is 0.870. The van der Waals surface area contributed by atoms with E-state index in [9.17, 15) is 0 Å². The molecule has 1 N–H and O–H groups in total. The Labute approximate surface area is 129 Å². The molecule has 118 valence electrons. The number of pyridine rings is 1. The molecule has 1 saturated heterocycles. The number of likely N-dealkylation sites (N-methyl/N-ethyl adjacent to an activating group) is 1. The van der Waals surface area contributed by atoms with Crippen LogP contribution in [-0.2, 0) is 0 Å². The summed E-state index contributed by atoms with van der Waals surface area (Å²) in [6, 6.07) is 5.45. The van der Waals surface area contributed by atoms with Crippen molar-refractivity contribution in [2.45, 2.75) is 38.8 Å². The third-order valence-corrected chi connectivity index (χ3v) is 4.34. The smallest absolute Gasteiger partial charge is 0.0397 e. The highest BCUT2D eigenvalue weighted by atomic mass is 15.2. The maximum Gasteiger partial charge on any atom is 0.0397 e. The normalized spacial score (nSPS) is 18.5. The van der Waals surface area contributed by atoms with Gasteiger partial charge in [0.1, 0.15) is 0 Å². The summed E-state index contributed by atoms with van der Waals surface area (Å²) in [5, 5.41) is 3.88. The molecule has 2 rings (SSSR count). The van der Waals surface area contributed by atoms with E-state index in [0.29, 0.717) is 18.0 Å². The van der Waals surface area contributed by atoms with Gasteiger partial charge in [0.25, 0.3) is 0 Å². The summed E-state index contributed by atoms with van der Waals surface area (Å²) in [6.45, 7) is 8.01. The first kappa shape index (κ1) is 16.2. The van der Waals surface area contributed by atoms with E-state index in [1.54, 1.807) is 0 Å². The van der Waals surface area contributed by atoms with E-state index in [1.807, 2.05) is 12.4 Å². The lowest BCUT2D eigenvalue weighted by Crippen LogP contribution is -2.51. The summed E-state index contributed by atoms with van der Waals surface area (Å²) in [7, 11) is 4.31. The number of hydrogen-bond acceptors (Lipinski definition) is 4. The Balaban J connectivity index is 1.83. The van der Waals surface area contributed by atoms with Crippen LogP contribution in [0.5, 0.6) is 0 Å². The summed E-state index contributed by atoms with van der Waals surface area (Å²) < 4.78 is 0. The van der Waals surface area contributed by atoms with Gasteiger partial charge in [-0.05, 0) is 45.0 Å². The number of nitrogens with one attached hydrogen (secondary N) is 1. The lowest BCUT2D eigenvalue weighted by Gasteiger charge is -2.37. The lowest BCUT2D eigenvalue weighted by atomic mass is 9.98. The SMILES string of the molecule is CC(C)C(CN(C)C)NC1CCN(c2ccncc2)CC1. The Morgan fingerprint density at radius 3 is 2.38 bits per heavy atom. The maximum atomic E-state index is 4.10. The molecule has 1 unspecified atom stereocenters. The molecule has 1 aromatic rings. The topological polar surface area (TPSA) is 31.4 Å². The minimum Gasteiger partial charge on any atom is -0.371 e. The minimum absolute atomic E-state index is 0.581. The van der Waals surface area contributed by atoms with Gasteiger partial charge in [-0.2, -0.15) is 0 Å². The molecule has 1 aromatic heterocycles. The van der Waals surface area contributed by atoms with Crippen LogP contribution in [0.2, 0.25) is 0 Å². The highest BCUT2D eigenvalue weighted by Crippen LogP contribution is 2.19. The molecule has 1 aliphatic heterocycles. The van der Waals surface area contributed by atoms with Crippen LogP contribution in [0, 0.1) is 5.92 Å². The molecule has 4 nitrogen and oxygen atoms in total. The van der Waals surface area contributed by atoms with Gasteiger partial charge in [-0.25, -0.2) is 0 Å². The molecule has 0 bridgehead atoms. The van der Waals surface area contributed by atoms with Crippen molar-refractivity contribution in [3.8, 4) is 0 Å². The van der Waals surface area contributed by atoms with Gasteiger partial charge >= 0.3 is 0 Å². The van der Waals surface area contributed by atoms with E-state index in [0.717, 1.165) is 19.6 Å². The van der Waals surface area contributed by atoms with Gasteiger partial charge in [-0.1, -0.05) is 13.8 Å². The molecular weight excluding hydrogens is 260 g/mol. The summed E-state index contributed by atoms with van der Waals surface area (Å²) in [5.41, 5.74) is 1.30. The van der Waals surface area contributed by atoms with Gasteiger partial charge in [-0.15, -0.1) is 0 Å². The van der Waals surface area contributed by atoms with Crippen molar-refractivity contribution in [3.05, 3.63) is 24.5 Å². The van der Waals surface area contributed by atoms with Crippen molar-refractivity contribution in [2.24, 2.45) is 5.92 Å². The first-order valence-corrected chi connectivity index (χ1v) is 8.12. The number of piperidine rings is 1. The molecule has 4 heteroatoms. The van der Waals surface area contributed by atoms with Crippen LogP contribution in [0.1, 0.15) is 26.7 Å². The minimum atomic E-state index is 0.581. The van der Waals surface area contributed by atoms with Crippen LogP contribution in [0.15, 0.2) is 24.5 Å². The van der Waals surface area contributed by atoms with E-state index in [2.05, 4.69) is 60.2 Å². The zero-order valence-electron chi connectivity index (χ0n) is 13.9. The van der Waals surface area contributed by atoms with Crippen LogP contribution in [0.25, 0.3) is 0 Å². The predicted molar refractivity (Wildman–Crippen MR) is 89.8 cm³/mol. The van der Waals surface area contributed by atoms with Crippen molar-refractivity contribution in [2.75, 3.05) is 38.6 Å². The summed E-state index contributed by atoms with van der Waals surface area (Å²) in [5.74, 6) is 0.672. The van der Waals surface area contributed by atoms with Gasteiger partial charge in [0.2, 0.25) is 0 Å². The fraction of sp³-hybridized carbons (Fsp3) is 0.706. The maximum absolute atomic E-state index is 4.10. The van der Waals surface area contributed by atoms with Crippen LogP contribution in [0.4, 0.5) is 5.69 Å². The van der Waals surface area contributed by atoms with Crippen molar-refractivity contribution in [3.63, 3.8) is 0 Å². The van der Waals surface area contributed by atoms with E-state index in [-0.39, 0.29) is 0 Å². The van der Waals surface area contributed by atoms with E-state index < -0.39 is 0 Å². The molecule has 0 saturated carbocycles. The van der Waals surface area contributed by atoms with Gasteiger partial charge < -0.3 is 15.1 Å². The summed E-state index contributed by atoms with van der Waals surface area (Å²) >= 11 is 0. The molecule has 0 amide bonds. The number of hydrogen-bond donors (Lipinski definition) is 1. The number of aromatic nitrogens is 1. The van der Waals surface area contributed by atoms with E-state index >= 15 is 0 Å². The zero-order chi connectivity index (χ0) is 15.2. The molecule has 0 spiro atoms. The van der Waals surface area contributed by atoms with Crippen LogP contribution >= 0.6 is 0 Å². The lowest BCUT2D eigenvalue weighted by molar-refractivity contribution is 0.254. The molecular formula is C17H30N4. The fourth-order valence-corrected chi connectivity index (χ4v) is 3.01. The van der Waals surface area contributed by atoms with Gasteiger partial charge in [0.15, 0.2) is 0 Å². The largest absolute Gasteiger partial charge is 0.371 e. The highest BCUT2D eigenvalue weighted by Gasteiger charge is 2.23. The molecule has 0 aromatic carbocycles. The molecule has 1 fully saturated rings. The monoisotopic (exact) mass is 290 g/mol. The Bertz CT molecular complexity index is 397. The molecule has 0 radical (unpaired) electrons. The molecule has 21 heavy (non-hydrogen) atoms. The highest BCUT2D eigenvalue weighted by molar-refractivity contribution is 5.44. The molecule has 1 atom stereocenters. The first-order valence-electron chi connectivity index (χ1n) is 8.12. The van der Waals surface area contributed by atoms with Crippen molar-refractivity contribution >= 4 is 5.69 Å². The second-order valence-electron chi connectivity index (χ2n) is 6.75. The van der Waals surface area contributed by atoms with E-state index in [1.165, 1.54) is 18.5 Å². The fourth-order valence-electron chi connectivity index (χ4n) is 3.01. The average molecular weight is 290 g/mol. The van der Waals surface area contributed by atoms with Crippen LogP contribution in [0.3, 0.4) is 0 Å². The van der Waals surface area contributed by atoms with Crippen LogP contribution in [-0.4, -0.2) is 55.7 Å². The molecule has 0 aliphatic carbocycles. The second kappa shape index (κ2) is 7.76. The summed E-state index contributed by atoms with van der Waals surface area (Å²) in [6.07, 6.45) is 6.20. The summed E-state index contributed by atoms with van der Waals surface area (Å²) in [4.78, 5) is 8.85. The van der Waals surface area contributed by atoms with Gasteiger partial charge in [0, 0.05) is 49.8 Å². The Morgan fingerprint density at radius 1 is 1.24 bits per heavy atom. The second-order valence-corrected chi connectivity index (χ2v) is 6.75. The number of anilines is 1. The van der Waals surface area contributed by atoms with E-state index in [4.69, 9.17) is 0 Å². The Hall–Kier alpha value is -1.13. The van der Waals surface area contributed by atoms with Gasteiger partial charge in [-0.3, -0.25) is 4.98 Å². The third-order valence-electron chi connectivity index (χ3n) is 4.34. The third kappa shape index (κ3) is 4.97. The van der Waals surface area contributed by atoms with Crippen molar-refractivity contribution < 1.29 is 0 Å². The first-order chi connectivity index (χ1) is 10.1. The van der Waals surface area contributed by atoms with Gasteiger partial charge in [0.05, 0.1) is 0 Å². The van der Waals surface area contributed by atoms with Crippen LogP contribution < -0.4 is 10.2 Å². The molecule has 1 aliphatic rings.